The molecular weight excluding hydrogens is 1040 g/mol. The molecule has 0 aliphatic heterocycles. The predicted octanol–water partition coefficient (Wildman–Crippen LogP) is 15.1. The molecule has 6 aromatic rings. The lowest BCUT2D eigenvalue weighted by Crippen LogP contribution is -2.26. The van der Waals surface area contributed by atoms with Gasteiger partial charge in [0.1, 0.15) is 19.8 Å². The molecule has 0 atom stereocenters. The first kappa shape index (κ1) is 68.6. The Morgan fingerprint density at radius 1 is 0.518 bits per heavy atom. The van der Waals surface area contributed by atoms with Gasteiger partial charge in [0.2, 0.25) is 0 Å². The molecule has 9 rings (SSSR count). The summed E-state index contributed by atoms with van der Waals surface area (Å²) in [5.41, 5.74) is 14.6. The average molecular weight is 1130 g/mol. The number of carbonyl (C=O) groups excluding carboxylic acids is 3. The second-order valence-corrected chi connectivity index (χ2v) is 18.5. The lowest BCUT2D eigenvalue weighted by Gasteiger charge is -2.14. The number of hydrogen-bond acceptors (Lipinski definition) is 11. The quantitative estimate of drug-likeness (QED) is 0.0186. The summed E-state index contributed by atoms with van der Waals surface area (Å²) in [6, 6.07) is 53.4. The van der Waals surface area contributed by atoms with Crippen LogP contribution in [0.4, 0.5) is 4.79 Å². The molecular formula is C71H85N3O9. The minimum Gasteiger partial charge on any atom is -0.467 e. The maximum atomic E-state index is 12.0. The number of aliphatic hydroxyl groups is 3. The van der Waals surface area contributed by atoms with Gasteiger partial charge in [0, 0.05) is 51.0 Å². The monoisotopic (exact) mass is 1130 g/mol. The van der Waals surface area contributed by atoms with Crippen LogP contribution in [-0.4, -0.2) is 80.0 Å². The van der Waals surface area contributed by atoms with E-state index in [4.69, 9.17) is 41.4 Å². The van der Waals surface area contributed by atoms with Gasteiger partial charge in [-0.3, -0.25) is 9.59 Å². The number of allylic oxidation sites excluding steroid dienone is 5. The van der Waals surface area contributed by atoms with Crippen LogP contribution in [0, 0.1) is 22.7 Å². The topological polar surface area (TPSA) is 199 Å². The molecule has 1 amide bonds. The molecule has 3 aliphatic carbocycles. The minimum absolute atomic E-state index is 0. The van der Waals surface area contributed by atoms with E-state index in [9.17, 15) is 14.4 Å². The lowest BCUT2D eigenvalue weighted by atomic mass is 9.98. The number of esters is 1. The first-order chi connectivity index (χ1) is 40.1. The van der Waals surface area contributed by atoms with E-state index in [1.807, 2.05) is 109 Å². The van der Waals surface area contributed by atoms with Crippen molar-refractivity contribution in [3.8, 4) is 45.5 Å². The maximum Gasteiger partial charge on any atom is 0.407 e. The van der Waals surface area contributed by atoms with Crippen molar-refractivity contribution in [1.29, 1.82) is 10.5 Å². The van der Waals surface area contributed by atoms with Crippen molar-refractivity contribution in [3.05, 3.63) is 229 Å². The smallest absolute Gasteiger partial charge is 0.407 e. The summed E-state index contributed by atoms with van der Waals surface area (Å²) in [6.07, 6.45) is 16.6. The van der Waals surface area contributed by atoms with Crippen LogP contribution in [0.5, 0.6) is 0 Å². The second-order valence-electron chi connectivity index (χ2n) is 18.5. The van der Waals surface area contributed by atoms with E-state index >= 15 is 0 Å². The van der Waals surface area contributed by atoms with Crippen LogP contribution in [0.1, 0.15) is 132 Å². The molecule has 0 bridgehead atoms. The molecule has 12 nitrogen and oxygen atoms in total. The zero-order valence-electron chi connectivity index (χ0n) is 47.5. The van der Waals surface area contributed by atoms with Gasteiger partial charge in [-0.2, -0.15) is 10.5 Å². The number of alkyl carbamates (subject to hydrolysis) is 1. The highest BCUT2D eigenvalue weighted by molar-refractivity contribution is 5.81. The van der Waals surface area contributed by atoms with Crippen molar-refractivity contribution in [2.24, 2.45) is 0 Å². The standard InChI is InChI=1S/C22H25NO3.C16H14O2.C15H12O2.C7H11NO.C5H10O.C4H5N.2CH4/c24-15-9-3-1-2-8-14-23-22(25)26-16-21-19-12-6-4-10-17(19)18-11-5-7-13-20(18)21;1-11(17)18-10-16-14-8-4-2-6-12(14)13-7-3-5-9-15(13)16;16-10-17-9-15-13-7-3-1-5-11(13)12-6-2-4-8-14(12)15;8-6-4-2-1-3-5-7-9;1-2-3-4-5-6;1-2-3-4-5;;/h1-2,4-7,10-13,21,24H,3,8-9,14-16H2,(H,23,25);2-9,16H,10H2,1H3;1-8,10,15H,9H2;1-2,9H,3-5,7H2;2,6H,1,3-5H2;2H,1,3H2;2*1H4/i;;10T;;;;;. The number of nitrogens with zero attached hydrogens (tertiary/aromatic N) is 2. The van der Waals surface area contributed by atoms with Gasteiger partial charge in [0.25, 0.3) is 6.45 Å². The normalized spacial score (nSPS) is 11.6. The van der Waals surface area contributed by atoms with Crippen molar-refractivity contribution < 1.29 is 45.3 Å². The van der Waals surface area contributed by atoms with E-state index in [0.717, 1.165) is 44.9 Å². The lowest BCUT2D eigenvalue weighted by molar-refractivity contribution is -0.141. The number of aliphatic hydroxyl groups excluding tert-OH is 3. The van der Waals surface area contributed by atoms with Gasteiger partial charge in [-0.1, -0.05) is 197 Å². The van der Waals surface area contributed by atoms with Gasteiger partial charge >= 0.3 is 12.1 Å². The molecule has 0 heterocycles. The molecule has 12 heteroatoms. The number of carbonyl (C=O) groups is 3. The van der Waals surface area contributed by atoms with E-state index in [1.54, 1.807) is 12.2 Å². The zero-order chi connectivity index (χ0) is 59.2. The van der Waals surface area contributed by atoms with Crippen LogP contribution < -0.4 is 5.32 Å². The summed E-state index contributed by atoms with van der Waals surface area (Å²) in [7, 11) is 0. The third-order valence-electron chi connectivity index (χ3n) is 13.0. The molecule has 0 aromatic heterocycles. The highest BCUT2D eigenvalue weighted by Gasteiger charge is 2.31. The van der Waals surface area contributed by atoms with Crippen molar-refractivity contribution in [3.63, 3.8) is 0 Å². The second kappa shape index (κ2) is 42.2. The van der Waals surface area contributed by atoms with Crippen LogP contribution in [-0.2, 0) is 23.8 Å². The molecule has 0 radical (unpaired) electrons. The number of fused-ring (bicyclic) bond motifs is 9. The summed E-state index contributed by atoms with van der Waals surface area (Å²) < 4.78 is 22.4. The van der Waals surface area contributed by atoms with Gasteiger partial charge in [0.15, 0.2) is 1.37 Å². The molecule has 0 unspecified atom stereocenters. The van der Waals surface area contributed by atoms with E-state index in [1.165, 1.54) is 73.7 Å². The predicted molar refractivity (Wildman–Crippen MR) is 335 cm³/mol. The highest BCUT2D eigenvalue weighted by Crippen LogP contribution is 2.46. The summed E-state index contributed by atoms with van der Waals surface area (Å²) in [5.74, 6) is 0.0800. The first-order valence-corrected chi connectivity index (χ1v) is 27.4. The number of nitrogens with one attached hydrogen (secondary N) is 1. The van der Waals surface area contributed by atoms with Crippen molar-refractivity contribution in [2.45, 2.75) is 97.3 Å². The Labute approximate surface area is 495 Å². The molecule has 83 heavy (non-hydrogen) atoms. The molecule has 0 saturated heterocycles. The first-order valence-electron chi connectivity index (χ1n) is 27.9. The van der Waals surface area contributed by atoms with Crippen LogP contribution in [0.3, 0.4) is 0 Å². The summed E-state index contributed by atoms with van der Waals surface area (Å²) in [4.78, 5) is 33.6. The van der Waals surface area contributed by atoms with E-state index in [2.05, 4.69) is 91.3 Å². The van der Waals surface area contributed by atoms with Gasteiger partial charge in [0.05, 0.1) is 25.0 Å². The van der Waals surface area contributed by atoms with Crippen molar-refractivity contribution >= 4 is 18.5 Å². The maximum absolute atomic E-state index is 12.0. The molecule has 6 aromatic carbocycles. The third-order valence-corrected chi connectivity index (χ3v) is 13.0. The SMILES string of the molecule is C.C.C=CCC#N.C=CCCCO.CC(=O)OCC1c2ccccc2-c2ccccc21.N#CCC=CCCCO.O=C(NCCC=CCCCO)OCC1c2ccccc2-c2ccccc21.[3H]C(=O)OCC1c2ccccc2-c2ccccc21. The average Bonchev–Trinajstić information content (AvgIpc) is 3.51. The fourth-order valence-electron chi connectivity index (χ4n) is 9.31. The Kier molecular flexibility index (Phi) is 34.9. The summed E-state index contributed by atoms with van der Waals surface area (Å²) in [6.45, 7) is 10.5. The summed E-state index contributed by atoms with van der Waals surface area (Å²) >= 11 is 0. The highest BCUT2D eigenvalue weighted by atomic mass is 16.5. The number of nitriles is 2. The number of hydrogen-bond donors (Lipinski definition) is 4. The Morgan fingerprint density at radius 2 is 0.855 bits per heavy atom. The van der Waals surface area contributed by atoms with E-state index in [0.29, 0.717) is 32.6 Å². The molecule has 0 saturated carbocycles. The number of rotatable bonds is 20. The fraction of sp³-hybridized carbons (Fsp3) is 0.310. The van der Waals surface area contributed by atoms with E-state index in [-0.39, 0.29) is 71.1 Å². The van der Waals surface area contributed by atoms with Gasteiger partial charge in [-0.05, 0) is 112 Å². The number of amides is 1. The number of ether oxygens (including phenoxy) is 3. The van der Waals surface area contributed by atoms with Crippen LogP contribution >= 0.6 is 0 Å². The van der Waals surface area contributed by atoms with Crippen molar-refractivity contribution in [1.82, 2.24) is 5.32 Å². The molecule has 0 spiro atoms. The Hall–Kier alpha value is -8.65. The largest absolute Gasteiger partial charge is 0.467 e. The van der Waals surface area contributed by atoms with Crippen LogP contribution in [0.2, 0.25) is 0 Å². The minimum atomic E-state index is -0.975. The number of benzene rings is 6. The Bertz CT molecular complexity index is 2840. The van der Waals surface area contributed by atoms with Crippen LogP contribution in [0.15, 0.2) is 195 Å². The van der Waals surface area contributed by atoms with Crippen molar-refractivity contribution in [2.75, 3.05) is 46.2 Å². The fourth-order valence-corrected chi connectivity index (χ4v) is 9.31. The molecule has 0 fully saturated rings. The van der Waals surface area contributed by atoms with Gasteiger partial charge in [-0.25, -0.2) is 4.79 Å². The Balaban J connectivity index is 0.000000371. The van der Waals surface area contributed by atoms with Crippen LogP contribution in [0.25, 0.3) is 33.4 Å². The summed E-state index contributed by atoms with van der Waals surface area (Å²) in [5, 5.41) is 43.8. The molecule has 3 aliphatic rings. The Morgan fingerprint density at radius 3 is 1.17 bits per heavy atom. The number of unbranched alkanes of at least 4 members (excludes halogenated alkanes) is 3. The zero-order valence-corrected chi connectivity index (χ0v) is 46.5. The molecule has 438 valence electrons. The van der Waals surface area contributed by atoms with Gasteiger partial charge < -0.3 is 34.8 Å². The molecule has 4 N–H and O–H groups in total. The third kappa shape index (κ3) is 23.0. The van der Waals surface area contributed by atoms with Gasteiger partial charge in [-0.15, -0.1) is 13.2 Å². The van der Waals surface area contributed by atoms with E-state index < -0.39 is 6.45 Å².